The van der Waals surface area contributed by atoms with E-state index in [0.29, 0.717) is 29.1 Å². The highest BCUT2D eigenvalue weighted by atomic mass is 32.2. The fraction of sp³-hybridized carbons (Fsp3) is 0.591. The third-order valence-corrected chi connectivity index (χ3v) is 6.44. The van der Waals surface area contributed by atoms with Gasteiger partial charge >= 0.3 is 0 Å². The monoisotopic (exact) mass is 432 g/mol. The summed E-state index contributed by atoms with van der Waals surface area (Å²) in [6.07, 6.45) is 3.03. The van der Waals surface area contributed by atoms with Crippen LogP contribution in [0.5, 0.6) is 0 Å². The molecule has 30 heavy (non-hydrogen) atoms. The van der Waals surface area contributed by atoms with Crippen molar-refractivity contribution in [1.29, 1.82) is 0 Å². The van der Waals surface area contributed by atoms with Crippen LogP contribution in [0.25, 0.3) is 10.9 Å². The Hall–Kier alpha value is -1.90. The summed E-state index contributed by atoms with van der Waals surface area (Å²) in [5.74, 6) is 0.167. The van der Waals surface area contributed by atoms with Crippen LogP contribution in [0.1, 0.15) is 33.1 Å². The van der Waals surface area contributed by atoms with Gasteiger partial charge in [-0.15, -0.1) is 0 Å². The van der Waals surface area contributed by atoms with E-state index in [9.17, 15) is 9.59 Å². The molecule has 3 rings (SSSR count). The van der Waals surface area contributed by atoms with Gasteiger partial charge in [0.05, 0.1) is 22.8 Å². The smallest absolute Gasteiger partial charge is 0.262 e. The lowest BCUT2D eigenvalue weighted by molar-refractivity contribution is -0.119. The van der Waals surface area contributed by atoms with E-state index in [1.54, 1.807) is 4.57 Å². The molecule has 0 unspecified atom stereocenters. The van der Waals surface area contributed by atoms with E-state index in [1.807, 2.05) is 24.3 Å². The first kappa shape index (κ1) is 22.8. The number of hydrogen-bond acceptors (Lipinski definition) is 6. The molecule has 0 aliphatic carbocycles. The molecule has 0 saturated carbocycles. The molecular weight excluding hydrogens is 400 g/mol. The molecule has 2 aromatic rings. The summed E-state index contributed by atoms with van der Waals surface area (Å²) >= 11 is 1.32. The van der Waals surface area contributed by atoms with E-state index in [2.05, 4.69) is 24.1 Å². The van der Waals surface area contributed by atoms with Gasteiger partial charge in [0.1, 0.15) is 0 Å². The fourth-order valence-corrected chi connectivity index (χ4v) is 4.52. The number of para-hydroxylation sites is 1. The molecule has 1 aliphatic rings. The van der Waals surface area contributed by atoms with Crippen LogP contribution in [0.15, 0.2) is 34.2 Å². The zero-order valence-electron chi connectivity index (χ0n) is 17.9. The van der Waals surface area contributed by atoms with E-state index in [4.69, 9.17) is 9.72 Å². The maximum Gasteiger partial charge on any atom is 0.262 e. The predicted octanol–water partition coefficient (Wildman–Crippen LogP) is 2.52. The van der Waals surface area contributed by atoms with Crippen LogP contribution in [0.3, 0.4) is 0 Å². The van der Waals surface area contributed by atoms with Crippen LogP contribution >= 0.6 is 11.8 Å². The molecule has 0 spiro atoms. The number of thioether (sulfide) groups is 1. The van der Waals surface area contributed by atoms with Gasteiger partial charge in [-0.1, -0.05) is 37.7 Å². The molecule has 1 fully saturated rings. The number of rotatable bonds is 11. The Morgan fingerprint density at radius 3 is 2.87 bits per heavy atom. The van der Waals surface area contributed by atoms with Gasteiger partial charge in [0.15, 0.2) is 5.16 Å². The van der Waals surface area contributed by atoms with Gasteiger partial charge in [-0.05, 0) is 51.0 Å². The maximum atomic E-state index is 13.1. The van der Waals surface area contributed by atoms with Crippen LogP contribution in [-0.4, -0.2) is 65.0 Å². The number of carbonyl (C=O) groups excluding carboxylic acids is 1. The number of amides is 1. The first-order valence-electron chi connectivity index (χ1n) is 10.8. The number of aromatic nitrogens is 2. The Morgan fingerprint density at radius 2 is 2.13 bits per heavy atom. The highest BCUT2D eigenvalue weighted by Gasteiger charge is 2.17. The number of carbonyl (C=O) groups is 1. The number of fused-ring (bicyclic) bond motifs is 1. The number of nitrogens with one attached hydrogen (secondary N) is 1. The Morgan fingerprint density at radius 1 is 1.33 bits per heavy atom. The second-order valence-electron chi connectivity index (χ2n) is 7.48. The molecule has 1 aromatic carbocycles. The van der Waals surface area contributed by atoms with Crippen molar-refractivity contribution in [1.82, 2.24) is 19.8 Å². The van der Waals surface area contributed by atoms with Gasteiger partial charge in [-0.2, -0.15) is 0 Å². The first-order chi connectivity index (χ1) is 14.6. The standard InChI is InChI=1S/C22H32N4O3S/c1-3-25(4-2)12-8-13-26-21(28)18-10-5-6-11-19(18)24-22(26)30-16-20(27)23-15-17-9-7-14-29-17/h5-6,10-11,17H,3-4,7-9,12-16H2,1-2H3,(H,23,27)/t17-/m1/s1. The normalized spacial score (nSPS) is 16.4. The van der Waals surface area contributed by atoms with E-state index < -0.39 is 0 Å². The lowest BCUT2D eigenvalue weighted by Crippen LogP contribution is -2.33. The Bertz CT molecular complexity index is 892. The molecule has 164 valence electrons. The molecule has 1 aliphatic heterocycles. The summed E-state index contributed by atoms with van der Waals surface area (Å²) in [5.41, 5.74) is 0.632. The van der Waals surface area contributed by atoms with Crippen LogP contribution in [0.4, 0.5) is 0 Å². The zero-order valence-corrected chi connectivity index (χ0v) is 18.7. The molecule has 0 bridgehead atoms. The van der Waals surface area contributed by atoms with Crippen LogP contribution in [0.2, 0.25) is 0 Å². The van der Waals surface area contributed by atoms with Gasteiger partial charge in [-0.25, -0.2) is 4.98 Å². The molecule has 8 heteroatoms. The van der Waals surface area contributed by atoms with Crippen molar-refractivity contribution in [2.45, 2.75) is 50.9 Å². The quantitative estimate of drug-likeness (QED) is 0.434. The average molecular weight is 433 g/mol. The van der Waals surface area contributed by atoms with Crippen molar-refractivity contribution < 1.29 is 9.53 Å². The second kappa shape index (κ2) is 11.5. The first-order valence-corrected chi connectivity index (χ1v) is 11.8. The van der Waals surface area contributed by atoms with Crippen molar-refractivity contribution in [2.75, 3.05) is 38.5 Å². The molecule has 1 atom stereocenters. The predicted molar refractivity (Wildman–Crippen MR) is 121 cm³/mol. The highest BCUT2D eigenvalue weighted by molar-refractivity contribution is 7.99. The van der Waals surface area contributed by atoms with Crippen molar-refractivity contribution in [3.8, 4) is 0 Å². The van der Waals surface area contributed by atoms with E-state index in [1.165, 1.54) is 11.8 Å². The second-order valence-corrected chi connectivity index (χ2v) is 8.42. The number of hydrogen-bond donors (Lipinski definition) is 1. The molecule has 1 saturated heterocycles. The molecule has 0 radical (unpaired) electrons. The van der Waals surface area contributed by atoms with Crippen molar-refractivity contribution >= 4 is 28.6 Å². The molecule has 1 amide bonds. The Labute approximate surface area is 182 Å². The maximum absolute atomic E-state index is 13.1. The molecular formula is C22H32N4O3S. The molecule has 1 aromatic heterocycles. The van der Waals surface area contributed by atoms with Gasteiger partial charge in [0, 0.05) is 19.7 Å². The topological polar surface area (TPSA) is 76.5 Å². The fourth-order valence-electron chi connectivity index (χ4n) is 3.66. The third kappa shape index (κ3) is 6.06. The summed E-state index contributed by atoms with van der Waals surface area (Å²) in [6.45, 7) is 9.11. The van der Waals surface area contributed by atoms with Gasteiger partial charge in [0.2, 0.25) is 5.91 Å². The molecule has 2 heterocycles. The summed E-state index contributed by atoms with van der Waals surface area (Å²) in [7, 11) is 0. The zero-order chi connectivity index (χ0) is 21.3. The summed E-state index contributed by atoms with van der Waals surface area (Å²) in [4.78, 5) is 32.4. The highest BCUT2D eigenvalue weighted by Crippen LogP contribution is 2.18. The SMILES string of the molecule is CCN(CC)CCCn1c(SCC(=O)NC[C@H]2CCCO2)nc2ccccc2c1=O. The minimum atomic E-state index is -0.0624. The molecule has 1 N–H and O–H groups in total. The van der Waals surface area contributed by atoms with Gasteiger partial charge in [0.25, 0.3) is 5.56 Å². The largest absolute Gasteiger partial charge is 0.376 e. The van der Waals surface area contributed by atoms with Crippen LogP contribution in [0, 0.1) is 0 Å². The van der Waals surface area contributed by atoms with Crippen LogP contribution in [-0.2, 0) is 16.1 Å². The van der Waals surface area contributed by atoms with Crippen molar-refractivity contribution in [3.63, 3.8) is 0 Å². The van der Waals surface area contributed by atoms with Gasteiger partial charge in [-0.3, -0.25) is 14.2 Å². The number of benzene rings is 1. The molecule has 7 nitrogen and oxygen atoms in total. The summed E-state index contributed by atoms with van der Waals surface area (Å²) in [5, 5.41) is 4.15. The lowest BCUT2D eigenvalue weighted by Gasteiger charge is -2.19. The minimum Gasteiger partial charge on any atom is -0.376 e. The Kier molecular flexibility index (Phi) is 8.72. The van der Waals surface area contributed by atoms with E-state index >= 15 is 0 Å². The summed E-state index contributed by atoms with van der Waals surface area (Å²) in [6, 6.07) is 7.39. The van der Waals surface area contributed by atoms with Crippen molar-refractivity contribution in [2.24, 2.45) is 0 Å². The lowest BCUT2D eigenvalue weighted by atomic mass is 10.2. The van der Waals surface area contributed by atoms with Gasteiger partial charge < -0.3 is 15.0 Å². The van der Waals surface area contributed by atoms with Crippen LogP contribution < -0.4 is 10.9 Å². The Balaban J connectivity index is 1.69. The van der Waals surface area contributed by atoms with Crippen molar-refractivity contribution in [3.05, 3.63) is 34.6 Å². The third-order valence-electron chi connectivity index (χ3n) is 5.46. The average Bonchev–Trinajstić information content (AvgIpc) is 3.29. The summed E-state index contributed by atoms with van der Waals surface area (Å²) < 4.78 is 7.27. The number of ether oxygens (including phenoxy) is 1. The number of nitrogens with zero attached hydrogens (tertiary/aromatic N) is 3. The minimum absolute atomic E-state index is 0.0394. The van der Waals surface area contributed by atoms with E-state index in [-0.39, 0.29) is 23.3 Å². The van der Waals surface area contributed by atoms with E-state index in [0.717, 1.165) is 45.5 Å².